The Morgan fingerprint density at radius 2 is 1.94 bits per heavy atom. The summed E-state index contributed by atoms with van der Waals surface area (Å²) >= 11 is 0. The first-order chi connectivity index (χ1) is 8.13. The fourth-order valence-electron chi connectivity index (χ4n) is 1.88. The van der Waals surface area contributed by atoms with Crippen molar-refractivity contribution in [3.8, 4) is 5.75 Å². The Morgan fingerprint density at radius 3 is 2.29 bits per heavy atom. The maximum atomic E-state index is 11.2. The van der Waals surface area contributed by atoms with Gasteiger partial charge in [-0.25, -0.2) is 4.79 Å². The Bertz CT molecular complexity index is 361. The number of rotatable bonds is 6. The van der Waals surface area contributed by atoms with E-state index in [0.717, 1.165) is 11.4 Å². The second kappa shape index (κ2) is 6.13. The predicted molar refractivity (Wildman–Crippen MR) is 67.7 cm³/mol. The Hall–Kier alpha value is -1.71. The van der Waals surface area contributed by atoms with Gasteiger partial charge >= 0.3 is 5.97 Å². The third kappa shape index (κ3) is 3.12. The number of carboxylic acid groups (broad SMARTS) is 1. The van der Waals surface area contributed by atoms with Crippen molar-refractivity contribution in [1.29, 1.82) is 0 Å². The lowest BCUT2D eigenvalue weighted by Crippen LogP contribution is -2.40. The zero-order valence-electron chi connectivity index (χ0n) is 10.5. The van der Waals surface area contributed by atoms with Gasteiger partial charge in [-0.15, -0.1) is 0 Å². The van der Waals surface area contributed by atoms with Crippen LogP contribution >= 0.6 is 0 Å². The standard InChI is InChI=1S/C13H19NO3/c1-4-12(13(15)16)14(5-2)10-6-8-11(17-3)9-7-10/h6-9,12H,4-5H2,1-3H3,(H,15,16)/t12-/m0/s1. The Balaban J connectivity index is 2.95. The SMILES string of the molecule is CC[C@@H](C(=O)O)N(CC)c1ccc(OC)cc1. The summed E-state index contributed by atoms with van der Waals surface area (Å²) in [6, 6.07) is 6.97. The van der Waals surface area contributed by atoms with Crippen LogP contribution in [0.3, 0.4) is 0 Å². The van der Waals surface area contributed by atoms with E-state index >= 15 is 0 Å². The first kappa shape index (κ1) is 13.4. The van der Waals surface area contributed by atoms with Crippen molar-refractivity contribution < 1.29 is 14.6 Å². The number of likely N-dealkylation sites (N-methyl/N-ethyl adjacent to an activating group) is 1. The van der Waals surface area contributed by atoms with Crippen molar-refractivity contribution in [2.24, 2.45) is 0 Å². The molecule has 0 saturated carbocycles. The number of hydrogen-bond donors (Lipinski definition) is 1. The quantitative estimate of drug-likeness (QED) is 0.825. The minimum atomic E-state index is -0.787. The van der Waals surface area contributed by atoms with Crippen LogP contribution in [0.25, 0.3) is 0 Å². The lowest BCUT2D eigenvalue weighted by Gasteiger charge is -2.29. The van der Waals surface area contributed by atoms with Gasteiger partial charge in [0, 0.05) is 12.2 Å². The van der Waals surface area contributed by atoms with Gasteiger partial charge in [0.15, 0.2) is 0 Å². The lowest BCUT2D eigenvalue weighted by molar-refractivity contribution is -0.138. The molecule has 0 aliphatic heterocycles. The largest absolute Gasteiger partial charge is 0.497 e. The van der Waals surface area contributed by atoms with Gasteiger partial charge in [-0.3, -0.25) is 0 Å². The van der Waals surface area contributed by atoms with Crippen LogP contribution in [-0.2, 0) is 4.79 Å². The average Bonchev–Trinajstić information content (AvgIpc) is 2.35. The highest BCUT2D eigenvalue weighted by molar-refractivity contribution is 5.78. The van der Waals surface area contributed by atoms with E-state index in [9.17, 15) is 9.90 Å². The van der Waals surface area contributed by atoms with Gasteiger partial charge in [0.05, 0.1) is 7.11 Å². The van der Waals surface area contributed by atoms with Crippen molar-refractivity contribution in [1.82, 2.24) is 0 Å². The molecule has 17 heavy (non-hydrogen) atoms. The first-order valence-electron chi connectivity index (χ1n) is 5.77. The summed E-state index contributed by atoms with van der Waals surface area (Å²) in [7, 11) is 1.61. The summed E-state index contributed by atoms with van der Waals surface area (Å²) < 4.78 is 5.08. The maximum absolute atomic E-state index is 11.2. The molecule has 0 amide bonds. The van der Waals surface area contributed by atoms with Crippen molar-refractivity contribution in [2.75, 3.05) is 18.6 Å². The molecule has 1 aromatic rings. The summed E-state index contributed by atoms with van der Waals surface area (Å²) in [4.78, 5) is 13.0. The van der Waals surface area contributed by atoms with E-state index in [4.69, 9.17) is 4.74 Å². The molecule has 1 rings (SSSR count). The highest BCUT2D eigenvalue weighted by Gasteiger charge is 2.22. The van der Waals surface area contributed by atoms with Gasteiger partial charge in [-0.1, -0.05) is 6.92 Å². The second-order valence-corrected chi connectivity index (χ2v) is 3.75. The van der Waals surface area contributed by atoms with Crippen LogP contribution in [-0.4, -0.2) is 30.8 Å². The van der Waals surface area contributed by atoms with Crippen molar-refractivity contribution >= 4 is 11.7 Å². The number of benzene rings is 1. The molecule has 1 atom stereocenters. The van der Waals surface area contributed by atoms with Crippen LogP contribution in [0.2, 0.25) is 0 Å². The van der Waals surface area contributed by atoms with Crippen LogP contribution in [0, 0.1) is 0 Å². The number of hydrogen-bond acceptors (Lipinski definition) is 3. The number of aliphatic carboxylic acids is 1. The molecule has 0 fully saturated rings. The molecule has 0 aromatic heterocycles. The molecule has 0 saturated heterocycles. The van der Waals surface area contributed by atoms with Crippen LogP contribution in [0.5, 0.6) is 5.75 Å². The Kier molecular flexibility index (Phi) is 4.82. The highest BCUT2D eigenvalue weighted by Crippen LogP contribution is 2.22. The second-order valence-electron chi connectivity index (χ2n) is 3.75. The summed E-state index contributed by atoms with van der Waals surface area (Å²) in [6.07, 6.45) is 0.579. The van der Waals surface area contributed by atoms with Crippen molar-refractivity contribution in [2.45, 2.75) is 26.3 Å². The lowest BCUT2D eigenvalue weighted by atomic mass is 10.1. The number of anilines is 1. The van der Waals surface area contributed by atoms with E-state index in [2.05, 4.69) is 0 Å². The fourth-order valence-corrected chi connectivity index (χ4v) is 1.88. The predicted octanol–water partition coefficient (Wildman–Crippen LogP) is 2.38. The van der Waals surface area contributed by atoms with Gasteiger partial charge in [0.2, 0.25) is 0 Å². The first-order valence-corrected chi connectivity index (χ1v) is 5.77. The van der Waals surface area contributed by atoms with Gasteiger partial charge in [-0.2, -0.15) is 0 Å². The average molecular weight is 237 g/mol. The number of carbonyl (C=O) groups is 1. The molecular formula is C13H19NO3. The molecule has 0 aliphatic carbocycles. The summed E-state index contributed by atoms with van der Waals surface area (Å²) in [5.41, 5.74) is 0.905. The van der Waals surface area contributed by atoms with E-state index in [1.807, 2.05) is 43.0 Å². The minimum absolute atomic E-state index is 0.478. The van der Waals surface area contributed by atoms with E-state index in [-0.39, 0.29) is 0 Å². The molecule has 0 bridgehead atoms. The van der Waals surface area contributed by atoms with Crippen LogP contribution in [0.1, 0.15) is 20.3 Å². The molecule has 4 nitrogen and oxygen atoms in total. The number of nitrogens with zero attached hydrogens (tertiary/aromatic N) is 1. The number of ether oxygens (including phenoxy) is 1. The minimum Gasteiger partial charge on any atom is -0.497 e. The van der Waals surface area contributed by atoms with Crippen molar-refractivity contribution in [3.63, 3.8) is 0 Å². The molecule has 94 valence electrons. The highest BCUT2D eigenvalue weighted by atomic mass is 16.5. The third-order valence-electron chi connectivity index (χ3n) is 2.79. The molecule has 0 heterocycles. The zero-order valence-corrected chi connectivity index (χ0v) is 10.5. The Morgan fingerprint density at radius 1 is 1.35 bits per heavy atom. The normalized spacial score (nSPS) is 11.9. The van der Waals surface area contributed by atoms with E-state index in [1.54, 1.807) is 7.11 Å². The zero-order chi connectivity index (χ0) is 12.8. The molecule has 0 unspecified atom stereocenters. The molecule has 0 spiro atoms. The van der Waals surface area contributed by atoms with Crippen molar-refractivity contribution in [3.05, 3.63) is 24.3 Å². The van der Waals surface area contributed by atoms with Gasteiger partial charge in [-0.05, 0) is 37.6 Å². The number of methoxy groups -OCH3 is 1. The summed E-state index contributed by atoms with van der Waals surface area (Å²) in [6.45, 7) is 4.50. The molecule has 1 aromatic carbocycles. The third-order valence-corrected chi connectivity index (χ3v) is 2.79. The van der Waals surface area contributed by atoms with Crippen LogP contribution < -0.4 is 9.64 Å². The maximum Gasteiger partial charge on any atom is 0.326 e. The topological polar surface area (TPSA) is 49.8 Å². The molecule has 4 heteroatoms. The summed E-state index contributed by atoms with van der Waals surface area (Å²) in [5.74, 6) is -0.0154. The smallest absolute Gasteiger partial charge is 0.326 e. The molecule has 0 aliphatic rings. The van der Waals surface area contributed by atoms with E-state index in [1.165, 1.54) is 0 Å². The Labute approximate surface area is 102 Å². The van der Waals surface area contributed by atoms with E-state index in [0.29, 0.717) is 13.0 Å². The summed E-state index contributed by atoms with van der Waals surface area (Å²) in [5, 5.41) is 9.17. The van der Waals surface area contributed by atoms with Gasteiger partial charge < -0.3 is 14.7 Å². The van der Waals surface area contributed by atoms with Gasteiger partial charge in [0.25, 0.3) is 0 Å². The fraction of sp³-hybridized carbons (Fsp3) is 0.462. The van der Waals surface area contributed by atoms with Crippen LogP contribution in [0.15, 0.2) is 24.3 Å². The van der Waals surface area contributed by atoms with Gasteiger partial charge in [0.1, 0.15) is 11.8 Å². The van der Waals surface area contributed by atoms with Crippen LogP contribution in [0.4, 0.5) is 5.69 Å². The molecular weight excluding hydrogens is 218 g/mol. The van der Waals surface area contributed by atoms with E-state index < -0.39 is 12.0 Å². The molecule has 0 radical (unpaired) electrons. The molecule has 1 N–H and O–H groups in total. The number of carboxylic acids is 1. The monoisotopic (exact) mass is 237 g/mol.